The number of halogens is 3. The summed E-state index contributed by atoms with van der Waals surface area (Å²) in [5.41, 5.74) is 1.33. The van der Waals surface area contributed by atoms with Crippen LogP contribution in [-0.2, 0) is 11.2 Å². The van der Waals surface area contributed by atoms with Crippen LogP contribution in [0.5, 0.6) is 5.75 Å². The molecular weight excluding hydrogens is 340 g/mol. The van der Waals surface area contributed by atoms with E-state index < -0.39 is 5.82 Å². The monoisotopic (exact) mass is 355 g/mol. The molecule has 2 aromatic carbocycles. The van der Waals surface area contributed by atoms with Gasteiger partial charge in [0.25, 0.3) is 0 Å². The zero-order valence-electron chi connectivity index (χ0n) is 12.7. The summed E-state index contributed by atoms with van der Waals surface area (Å²) in [6.07, 6.45) is 0.124. The number of hydrogen-bond acceptors (Lipinski definition) is 2. The van der Waals surface area contributed by atoms with Gasteiger partial charge < -0.3 is 10.1 Å². The largest absolute Gasteiger partial charge is 0.494 e. The normalized spacial score (nSPS) is 11.9. The van der Waals surface area contributed by atoms with Crippen molar-refractivity contribution in [3.8, 4) is 5.75 Å². The molecule has 3 nitrogen and oxygen atoms in total. The number of nitrogens with one attached hydrogen (secondary N) is 1. The third kappa shape index (κ3) is 4.60. The molecule has 0 heterocycles. The van der Waals surface area contributed by atoms with Crippen LogP contribution in [0.1, 0.15) is 24.1 Å². The summed E-state index contributed by atoms with van der Waals surface area (Å²) < 4.78 is 18.6. The zero-order valence-corrected chi connectivity index (χ0v) is 14.2. The average Bonchev–Trinajstić information content (AvgIpc) is 2.50. The Kier molecular flexibility index (Phi) is 5.85. The molecule has 0 saturated heterocycles. The Morgan fingerprint density at radius 1 is 1.26 bits per heavy atom. The fourth-order valence-corrected chi connectivity index (χ4v) is 2.64. The number of carbonyl (C=O) groups is 1. The maximum absolute atomic E-state index is 13.7. The maximum atomic E-state index is 13.7. The molecule has 0 radical (unpaired) electrons. The molecule has 2 aromatic rings. The predicted octanol–water partition coefficient (Wildman–Crippen LogP) is 4.56. The SMILES string of the molecule is COc1ccc([C@@H](C)NC(=O)Cc2ccc(Cl)cc2Cl)cc1F. The van der Waals surface area contributed by atoms with Gasteiger partial charge in [-0.25, -0.2) is 4.39 Å². The van der Waals surface area contributed by atoms with Gasteiger partial charge in [-0.3, -0.25) is 4.79 Å². The number of ether oxygens (including phenoxy) is 1. The summed E-state index contributed by atoms with van der Waals surface area (Å²) in [6, 6.07) is 9.23. The van der Waals surface area contributed by atoms with Gasteiger partial charge >= 0.3 is 0 Å². The molecule has 23 heavy (non-hydrogen) atoms. The Bertz CT molecular complexity index is 722. The number of hydrogen-bond donors (Lipinski definition) is 1. The van der Waals surface area contributed by atoms with E-state index in [2.05, 4.69) is 5.32 Å². The minimum absolute atomic E-state index is 0.124. The second kappa shape index (κ2) is 7.66. The molecule has 0 fully saturated rings. The van der Waals surface area contributed by atoms with E-state index in [0.717, 1.165) is 0 Å². The first-order valence-corrected chi connectivity index (χ1v) is 7.73. The molecule has 0 aromatic heterocycles. The van der Waals surface area contributed by atoms with E-state index in [1.54, 1.807) is 31.2 Å². The van der Waals surface area contributed by atoms with E-state index in [-0.39, 0.29) is 24.1 Å². The van der Waals surface area contributed by atoms with Crippen LogP contribution in [0.25, 0.3) is 0 Å². The Labute approximate surface area is 144 Å². The fraction of sp³-hybridized carbons (Fsp3) is 0.235. The molecule has 1 atom stereocenters. The number of carbonyl (C=O) groups excluding carboxylic acids is 1. The van der Waals surface area contributed by atoms with Gasteiger partial charge in [0.15, 0.2) is 11.6 Å². The van der Waals surface area contributed by atoms with Crippen LogP contribution in [0.2, 0.25) is 10.0 Å². The molecule has 0 saturated carbocycles. The van der Waals surface area contributed by atoms with E-state index >= 15 is 0 Å². The minimum Gasteiger partial charge on any atom is -0.494 e. The van der Waals surface area contributed by atoms with Crippen molar-refractivity contribution in [1.29, 1.82) is 0 Å². The van der Waals surface area contributed by atoms with Gasteiger partial charge in [-0.1, -0.05) is 35.3 Å². The smallest absolute Gasteiger partial charge is 0.224 e. The summed E-state index contributed by atoms with van der Waals surface area (Å²) in [6.45, 7) is 1.78. The molecule has 0 unspecified atom stereocenters. The van der Waals surface area contributed by atoms with E-state index in [9.17, 15) is 9.18 Å². The third-order valence-electron chi connectivity index (χ3n) is 3.42. The van der Waals surface area contributed by atoms with Gasteiger partial charge in [0.1, 0.15) is 0 Å². The summed E-state index contributed by atoms with van der Waals surface area (Å²) in [4.78, 5) is 12.1. The van der Waals surface area contributed by atoms with Gasteiger partial charge in [0.2, 0.25) is 5.91 Å². The molecule has 2 rings (SSSR count). The van der Waals surface area contributed by atoms with Gasteiger partial charge in [-0.2, -0.15) is 0 Å². The average molecular weight is 356 g/mol. The van der Waals surface area contributed by atoms with Gasteiger partial charge in [-0.15, -0.1) is 0 Å². The molecule has 1 N–H and O–H groups in total. The summed E-state index contributed by atoms with van der Waals surface area (Å²) >= 11 is 11.9. The quantitative estimate of drug-likeness (QED) is 0.853. The van der Waals surface area contributed by atoms with Crippen LogP contribution >= 0.6 is 23.2 Å². The van der Waals surface area contributed by atoms with Crippen molar-refractivity contribution in [3.05, 3.63) is 63.4 Å². The van der Waals surface area contributed by atoms with Crippen LogP contribution in [0.15, 0.2) is 36.4 Å². The summed E-state index contributed by atoms with van der Waals surface area (Å²) in [7, 11) is 1.40. The van der Waals surface area contributed by atoms with Crippen molar-refractivity contribution in [2.45, 2.75) is 19.4 Å². The topological polar surface area (TPSA) is 38.3 Å². The number of rotatable bonds is 5. The molecular formula is C17H16Cl2FNO2. The lowest BCUT2D eigenvalue weighted by atomic mass is 10.1. The molecule has 0 spiro atoms. The second-order valence-electron chi connectivity index (χ2n) is 5.10. The molecule has 6 heteroatoms. The van der Waals surface area contributed by atoms with Crippen LogP contribution in [0.3, 0.4) is 0 Å². The van der Waals surface area contributed by atoms with Crippen molar-refractivity contribution in [3.63, 3.8) is 0 Å². The highest BCUT2D eigenvalue weighted by Gasteiger charge is 2.14. The molecule has 122 valence electrons. The fourth-order valence-electron chi connectivity index (χ4n) is 2.17. The first-order valence-electron chi connectivity index (χ1n) is 6.97. The Hall–Kier alpha value is -1.78. The van der Waals surface area contributed by atoms with Crippen LogP contribution in [0, 0.1) is 5.82 Å². The van der Waals surface area contributed by atoms with E-state index in [4.69, 9.17) is 27.9 Å². The highest BCUT2D eigenvalue weighted by Crippen LogP contribution is 2.23. The number of amides is 1. The molecule has 0 aliphatic carbocycles. The van der Waals surface area contributed by atoms with Crippen molar-refractivity contribution in [2.24, 2.45) is 0 Å². The second-order valence-corrected chi connectivity index (χ2v) is 5.94. The number of methoxy groups -OCH3 is 1. The lowest BCUT2D eigenvalue weighted by molar-refractivity contribution is -0.121. The lowest BCUT2D eigenvalue weighted by Crippen LogP contribution is -2.28. The van der Waals surface area contributed by atoms with Crippen molar-refractivity contribution >= 4 is 29.1 Å². The highest BCUT2D eigenvalue weighted by atomic mass is 35.5. The Morgan fingerprint density at radius 2 is 2.00 bits per heavy atom. The van der Waals surface area contributed by atoms with Crippen molar-refractivity contribution in [1.82, 2.24) is 5.32 Å². The zero-order chi connectivity index (χ0) is 17.0. The first kappa shape index (κ1) is 17.6. The molecule has 0 aliphatic rings. The van der Waals surface area contributed by atoms with Crippen LogP contribution < -0.4 is 10.1 Å². The van der Waals surface area contributed by atoms with Crippen molar-refractivity contribution < 1.29 is 13.9 Å². The highest BCUT2D eigenvalue weighted by molar-refractivity contribution is 6.35. The first-order chi connectivity index (χ1) is 10.9. The minimum atomic E-state index is -0.466. The van der Waals surface area contributed by atoms with Gasteiger partial charge in [0.05, 0.1) is 19.6 Å². The summed E-state index contributed by atoms with van der Waals surface area (Å²) in [5, 5.41) is 3.77. The van der Waals surface area contributed by atoms with E-state index in [1.165, 1.54) is 19.2 Å². The Balaban J connectivity index is 2.03. The molecule has 0 bridgehead atoms. The molecule has 0 aliphatic heterocycles. The van der Waals surface area contributed by atoms with Crippen molar-refractivity contribution in [2.75, 3.05) is 7.11 Å². The summed E-state index contributed by atoms with van der Waals surface area (Å²) in [5.74, 6) is -0.509. The van der Waals surface area contributed by atoms with Crippen LogP contribution in [-0.4, -0.2) is 13.0 Å². The van der Waals surface area contributed by atoms with Gasteiger partial charge in [0, 0.05) is 10.0 Å². The van der Waals surface area contributed by atoms with Gasteiger partial charge in [-0.05, 0) is 42.3 Å². The predicted molar refractivity (Wildman–Crippen MR) is 89.7 cm³/mol. The van der Waals surface area contributed by atoms with E-state index in [1.807, 2.05) is 0 Å². The standard InChI is InChI=1S/C17H16Cl2FNO2/c1-10(11-4-6-16(23-2)15(20)7-11)21-17(22)8-12-3-5-13(18)9-14(12)19/h3-7,9-10H,8H2,1-2H3,(H,21,22)/t10-/m1/s1. The number of benzene rings is 2. The lowest BCUT2D eigenvalue weighted by Gasteiger charge is -2.15. The molecule has 1 amide bonds. The Morgan fingerprint density at radius 3 is 2.61 bits per heavy atom. The van der Waals surface area contributed by atoms with Crippen LogP contribution in [0.4, 0.5) is 4.39 Å². The maximum Gasteiger partial charge on any atom is 0.224 e. The third-order valence-corrected chi connectivity index (χ3v) is 4.01. The van der Waals surface area contributed by atoms with E-state index in [0.29, 0.717) is 21.2 Å².